The van der Waals surface area contributed by atoms with Crippen molar-refractivity contribution in [3.63, 3.8) is 0 Å². The van der Waals surface area contributed by atoms with Crippen LogP contribution in [0.5, 0.6) is 0 Å². The minimum atomic E-state index is 0.687. The van der Waals surface area contributed by atoms with Crippen LogP contribution in [0.2, 0.25) is 0 Å². The molecule has 0 radical (unpaired) electrons. The van der Waals surface area contributed by atoms with Gasteiger partial charge in [0.2, 0.25) is 0 Å². The number of aromatic nitrogens is 4. The Morgan fingerprint density at radius 1 is 1.16 bits per heavy atom. The van der Waals surface area contributed by atoms with Crippen LogP contribution in [0, 0.1) is 5.92 Å². The first-order valence-corrected chi connectivity index (χ1v) is 7.24. The molecule has 0 unspecified atom stereocenters. The van der Waals surface area contributed by atoms with Gasteiger partial charge in [-0.25, -0.2) is 9.97 Å². The lowest BCUT2D eigenvalue weighted by atomic mass is 9.85. The highest BCUT2D eigenvalue weighted by Gasteiger charge is 2.37. The lowest BCUT2D eigenvalue weighted by Gasteiger charge is -2.32. The lowest BCUT2D eigenvalue weighted by molar-refractivity contribution is 0.341. The summed E-state index contributed by atoms with van der Waals surface area (Å²) >= 11 is 0. The number of hydrogen-bond acceptors (Lipinski definition) is 4. The Morgan fingerprint density at radius 3 is 3.00 bits per heavy atom. The second-order valence-corrected chi connectivity index (χ2v) is 5.80. The zero-order valence-corrected chi connectivity index (χ0v) is 11.3. The van der Waals surface area contributed by atoms with E-state index in [9.17, 15) is 0 Å². The van der Waals surface area contributed by atoms with Crippen LogP contribution >= 0.6 is 0 Å². The monoisotopic (exact) mass is 257 g/mol. The van der Waals surface area contributed by atoms with Crippen molar-refractivity contribution in [1.29, 1.82) is 0 Å². The summed E-state index contributed by atoms with van der Waals surface area (Å²) in [5, 5.41) is 5.41. The van der Waals surface area contributed by atoms with Gasteiger partial charge in [-0.05, 0) is 25.2 Å². The molecule has 2 fully saturated rings. The van der Waals surface area contributed by atoms with Crippen LogP contribution in [-0.2, 0) is 7.05 Å². The van der Waals surface area contributed by atoms with Crippen LogP contribution in [0.15, 0.2) is 12.5 Å². The van der Waals surface area contributed by atoms with Crippen LogP contribution in [0.3, 0.4) is 0 Å². The normalized spacial score (nSPS) is 26.9. The zero-order valence-electron chi connectivity index (χ0n) is 11.3. The van der Waals surface area contributed by atoms with Gasteiger partial charge in [-0.2, -0.15) is 5.10 Å². The molecule has 1 aliphatic heterocycles. The summed E-state index contributed by atoms with van der Waals surface area (Å²) in [6, 6.07) is 0.687. The SMILES string of the molecule is Cn1ncc2c(N3CC[C@@H]4CCCC[C@H]43)ncnc21. The summed E-state index contributed by atoms with van der Waals surface area (Å²) in [4.78, 5) is 11.4. The van der Waals surface area contributed by atoms with Gasteiger partial charge in [0.05, 0.1) is 11.6 Å². The molecule has 5 nitrogen and oxygen atoms in total. The van der Waals surface area contributed by atoms with Crippen LogP contribution in [-0.4, -0.2) is 32.3 Å². The fraction of sp³-hybridized carbons (Fsp3) is 0.643. The molecule has 0 N–H and O–H groups in total. The number of fused-ring (bicyclic) bond motifs is 2. The minimum absolute atomic E-state index is 0.687. The van der Waals surface area contributed by atoms with Crippen molar-refractivity contribution in [1.82, 2.24) is 19.7 Å². The highest BCUT2D eigenvalue weighted by Crippen LogP contribution is 2.39. The Labute approximate surface area is 112 Å². The van der Waals surface area contributed by atoms with Crippen molar-refractivity contribution in [3.8, 4) is 0 Å². The largest absolute Gasteiger partial charge is 0.353 e. The van der Waals surface area contributed by atoms with Gasteiger partial charge >= 0.3 is 0 Å². The maximum Gasteiger partial charge on any atom is 0.163 e. The quantitative estimate of drug-likeness (QED) is 0.785. The molecular formula is C14H19N5. The van der Waals surface area contributed by atoms with E-state index in [1.165, 1.54) is 32.1 Å². The van der Waals surface area contributed by atoms with Gasteiger partial charge in [-0.3, -0.25) is 4.68 Å². The molecule has 0 aromatic carbocycles. The summed E-state index contributed by atoms with van der Waals surface area (Å²) in [5.41, 5.74) is 0.934. The summed E-state index contributed by atoms with van der Waals surface area (Å²) in [6.07, 6.45) is 10.4. The molecule has 4 rings (SSSR count). The van der Waals surface area contributed by atoms with Gasteiger partial charge in [-0.15, -0.1) is 0 Å². The van der Waals surface area contributed by atoms with Crippen LogP contribution in [0.4, 0.5) is 5.82 Å². The molecule has 1 aliphatic carbocycles. The van der Waals surface area contributed by atoms with Crippen LogP contribution in [0.25, 0.3) is 11.0 Å². The summed E-state index contributed by atoms with van der Waals surface area (Å²) in [5.74, 6) is 1.96. The van der Waals surface area contributed by atoms with E-state index in [0.717, 1.165) is 29.3 Å². The van der Waals surface area contributed by atoms with E-state index in [4.69, 9.17) is 0 Å². The first kappa shape index (κ1) is 11.2. The van der Waals surface area contributed by atoms with E-state index in [1.807, 2.05) is 17.9 Å². The third kappa shape index (κ3) is 1.64. The number of rotatable bonds is 1. The molecule has 0 amide bonds. The summed E-state index contributed by atoms with van der Waals surface area (Å²) in [7, 11) is 1.94. The second kappa shape index (κ2) is 4.18. The van der Waals surface area contributed by atoms with Gasteiger partial charge in [0.1, 0.15) is 12.1 Å². The molecule has 2 aromatic heterocycles. The van der Waals surface area contributed by atoms with Crippen molar-refractivity contribution in [2.75, 3.05) is 11.4 Å². The van der Waals surface area contributed by atoms with E-state index in [-0.39, 0.29) is 0 Å². The predicted molar refractivity (Wildman–Crippen MR) is 74.0 cm³/mol. The maximum absolute atomic E-state index is 4.55. The average molecular weight is 257 g/mol. The molecule has 0 bridgehead atoms. The predicted octanol–water partition coefficient (Wildman–Crippen LogP) is 2.13. The van der Waals surface area contributed by atoms with Gasteiger partial charge in [0.25, 0.3) is 0 Å². The zero-order chi connectivity index (χ0) is 12.8. The Balaban J connectivity index is 1.78. The second-order valence-electron chi connectivity index (χ2n) is 5.80. The number of aryl methyl sites for hydroxylation is 1. The Hall–Kier alpha value is -1.65. The Bertz CT molecular complexity index is 605. The molecule has 1 saturated carbocycles. The maximum atomic E-state index is 4.55. The van der Waals surface area contributed by atoms with Crippen LogP contribution < -0.4 is 4.90 Å². The molecular weight excluding hydrogens is 238 g/mol. The topological polar surface area (TPSA) is 46.8 Å². The standard InChI is InChI=1S/C14H19N5/c1-18-13-11(8-17-18)14(16-9-15-13)19-7-6-10-4-2-3-5-12(10)19/h8-10,12H,2-7H2,1H3/t10-,12+/m0/s1. The van der Waals surface area contributed by atoms with Crippen molar-refractivity contribution in [2.24, 2.45) is 13.0 Å². The van der Waals surface area contributed by atoms with E-state index >= 15 is 0 Å². The number of anilines is 1. The molecule has 100 valence electrons. The van der Waals surface area contributed by atoms with E-state index in [0.29, 0.717) is 6.04 Å². The van der Waals surface area contributed by atoms with Crippen molar-refractivity contribution in [2.45, 2.75) is 38.1 Å². The molecule has 2 aliphatic rings. The Kier molecular flexibility index (Phi) is 2.47. The third-order valence-electron chi connectivity index (χ3n) is 4.79. The van der Waals surface area contributed by atoms with E-state index in [2.05, 4.69) is 20.0 Å². The summed E-state index contributed by atoms with van der Waals surface area (Å²) < 4.78 is 1.83. The van der Waals surface area contributed by atoms with Gasteiger partial charge in [0, 0.05) is 19.6 Å². The molecule has 2 aromatic rings. The molecule has 0 spiro atoms. The third-order valence-corrected chi connectivity index (χ3v) is 4.79. The van der Waals surface area contributed by atoms with Gasteiger partial charge < -0.3 is 4.90 Å². The summed E-state index contributed by atoms with van der Waals surface area (Å²) in [6.45, 7) is 1.14. The first-order valence-electron chi connectivity index (χ1n) is 7.24. The minimum Gasteiger partial charge on any atom is -0.353 e. The molecule has 1 saturated heterocycles. The fourth-order valence-corrected chi connectivity index (χ4v) is 3.85. The van der Waals surface area contributed by atoms with Crippen molar-refractivity contribution in [3.05, 3.63) is 12.5 Å². The Morgan fingerprint density at radius 2 is 2.05 bits per heavy atom. The van der Waals surface area contributed by atoms with Gasteiger partial charge in [0.15, 0.2) is 5.65 Å². The lowest BCUT2D eigenvalue weighted by Crippen LogP contribution is -2.35. The molecule has 5 heteroatoms. The number of nitrogens with zero attached hydrogens (tertiary/aromatic N) is 5. The van der Waals surface area contributed by atoms with Crippen molar-refractivity contribution >= 4 is 16.9 Å². The smallest absolute Gasteiger partial charge is 0.163 e. The van der Waals surface area contributed by atoms with Crippen molar-refractivity contribution < 1.29 is 0 Å². The molecule has 3 heterocycles. The average Bonchev–Trinajstić information content (AvgIpc) is 3.03. The molecule has 2 atom stereocenters. The highest BCUT2D eigenvalue weighted by molar-refractivity contribution is 5.86. The highest BCUT2D eigenvalue weighted by atomic mass is 15.3. The first-order chi connectivity index (χ1) is 9.34. The van der Waals surface area contributed by atoms with E-state index < -0.39 is 0 Å². The van der Waals surface area contributed by atoms with E-state index in [1.54, 1.807) is 6.33 Å². The number of hydrogen-bond donors (Lipinski definition) is 0. The van der Waals surface area contributed by atoms with Gasteiger partial charge in [-0.1, -0.05) is 12.8 Å². The van der Waals surface area contributed by atoms with Crippen LogP contribution in [0.1, 0.15) is 32.1 Å². The molecule has 19 heavy (non-hydrogen) atoms. The fourth-order valence-electron chi connectivity index (χ4n) is 3.85.